The fourth-order valence-corrected chi connectivity index (χ4v) is 5.90. The van der Waals surface area contributed by atoms with Crippen molar-refractivity contribution in [1.29, 1.82) is 0 Å². The number of rotatable bonds is 34. The smallest absolute Gasteiger partial charge is 0.387 e. The molecule has 0 heterocycles. The first-order chi connectivity index (χ1) is 23.0. The first-order valence-corrected chi connectivity index (χ1v) is 20.9. The molecule has 3 N–H and O–H groups in total. The van der Waals surface area contributed by atoms with E-state index in [1.165, 1.54) is 83.5 Å². The molecule has 0 fully saturated rings. The van der Waals surface area contributed by atoms with Crippen LogP contribution in [0.1, 0.15) is 155 Å². The van der Waals surface area contributed by atoms with E-state index in [0.29, 0.717) is 17.4 Å². The Morgan fingerprint density at radius 2 is 1.15 bits per heavy atom. The van der Waals surface area contributed by atoms with E-state index in [2.05, 4.69) is 43.5 Å². The first-order valence-electron chi connectivity index (χ1n) is 19.4. The van der Waals surface area contributed by atoms with Gasteiger partial charge in [0.05, 0.1) is 39.9 Å². The molecule has 0 saturated carbocycles. The third kappa shape index (κ3) is 33.2. The van der Waals surface area contributed by atoms with Crippen molar-refractivity contribution in [3.8, 4) is 0 Å². The van der Waals surface area contributed by atoms with Crippen LogP contribution in [0.3, 0.4) is 0 Å². The van der Waals surface area contributed by atoms with Crippen molar-refractivity contribution >= 4 is 13.7 Å². The molecule has 282 valence electrons. The second-order valence-electron chi connectivity index (χ2n) is 14.3. The summed E-state index contributed by atoms with van der Waals surface area (Å²) in [5, 5.41) is 13.7. The molecule has 3 unspecified atom stereocenters. The number of unbranched alkanes of at least 4 members (excludes halogenated alkanes) is 17. The predicted molar refractivity (Wildman–Crippen MR) is 203 cm³/mol. The molecule has 0 spiro atoms. The Morgan fingerprint density at radius 1 is 0.688 bits per heavy atom. The number of hydrogen-bond donors (Lipinski definition) is 3. The molecule has 3 atom stereocenters. The largest absolute Gasteiger partial charge is 0.472 e. The summed E-state index contributed by atoms with van der Waals surface area (Å²) < 4.78 is 23.4. The molecular weight excluding hydrogens is 623 g/mol. The minimum atomic E-state index is -4.34. The Morgan fingerprint density at radius 3 is 1.69 bits per heavy atom. The first kappa shape index (κ1) is 46.7. The molecular formula is C39H76N2O6P+. The summed E-state index contributed by atoms with van der Waals surface area (Å²) in [5.74, 6) is -0.200. The lowest BCUT2D eigenvalue weighted by atomic mass is 10.1. The van der Waals surface area contributed by atoms with Crippen LogP contribution in [0.15, 0.2) is 36.5 Å². The number of carbonyl (C=O) groups excluding carboxylic acids is 1. The van der Waals surface area contributed by atoms with Crippen LogP contribution in [0.25, 0.3) is 0 Å². The maximum atomic E-state index is 12.8. The van der Waals surface area contributed by atoms with Gasteiger partial charge in [0.25, 0.3) is 0 Å². The topological polar surface area (TPSA) is 105 Å². The Kier molecular flexibility index (Phi) is 30.8. The number of quaternary nitrogens is 1. The van der Waals surface area contributed by atoms with Crippen LogP contribution in [0.5, 0.6) is 0 Å². The predicted octanol–water partition coefficient (Wildman–Crippen LogP) is 9.96. The molecule has 0 radical (unpaired) electrons. The van der Waals surface area contributed by atoms with Crippen molar-refractivity contribution in [3.05, 3.63) is 36.5 Å². The van der Waals surface area contributed by atoms with Crippen LogP contribution >= 0.6 is 7.82 Å². The molecule has 0 aliphatic carbocycles. The average Bonchev–Trinajstić information content (AvgIpc) is 3.02. The highest BCUT2D eigenvalue weighted by Crippen LogP contribution is 2.43. The van der Waals surface area contributed by atoms with Crippen LogP contribution in [0.2, 0.25) is 0 Å². The Balaban J connectivity index is 4.61. The van der Waals surface area contributed by atoms with E-state index in [4.69, 9.17) is 9.05 Å². The zero-order valence-electron chi connectivity index (χ0n) is 31.7. The van der Waals surface area contributed by atoms with Crippen molar-refractivity contribution in [2.45, 2.75) is 167 Å². The van der Waals surface area contributed by atoms with Crippen molar-refractivity contribution in [3.63, 3.8) is 0 Å². The van der Waals surface area contributed by atoms with Gasteiger partial charge >= 0.3 is 7.82 Å². The summed E-state index contributed by atoms with van der Waals surface area (Å²) in [6.45, 7) is 4.73. The summed E-state index contributed by atoms with van der Waals surface area (Å²) in [7, 11) is 1.54. The van der Waals surface area contributed by atoms with E-state index in [-0.39, 0.29) is 19.1 Å². The van der Waals surface area contributed by atoms with Crippen LogP contribution < -0.4 is 5.32 Å². The molecule has 0 bridgehead atoms. The van der Waals surface area contributed by atoms with Gasteiger partial charge in [0.15, 0.2) is 0 Å². The highest BCUT2D eigenvalue weighted by atomic mass is 31.2. The molecule has 1 amide bonds. The number of likely N-dealkylation sites (N-methyl/N-ethyl adjacent to an activating group) is 1. The number of amides is 1. The molecule has 48 heavy (non-hydrogen) atoms. The number of aliphatic hydroxyl groups excluding tert-OH is 1. The summed E-state index contributed by atoms with van der Waals surface area (Å²) >= 11 is 0. The molecule has 0 rings (SSSR count). The number of hydrogen-bond acceptors (Lipinski definition) is 5. The zero-order valence-corrected chi connectivity index (χ0v) is 32.6. The summed E-state index contributed by atoms with van der Waals surface area (Å²) in [6.07, 6.45) is 36.3. The lowest BCUT2D eigenvalue weighted by Crippen LogP contribution is -2.45. The Hall–Kier alpha value is -1.28. The van der Waals surface area contributed by atoms with Gasteiger partial charge in [-0.25, -0.2) is 4.57 Å². The van der Waals surface area contributed by atoms with E-state index in [1.807, 2.05) is 27.2 Å². The highest BCUT2D eigenvalue weighted by Gasteiger charge is 2.27. The Bertz CT molecular complexity index is 886. The SMILES string of the molecule is CCCCCC/C=C\CCCCCCCC(=O)NC(COP(=O)(O)OCC[N+](C)(C)C)C(O)/C=C/CC/C=C/CCCCCCCCC. The number of nitrogens with zero attached hydrogens (tertiary/aromatic N) is 1. The van der Waals surface area contributed by atoms with E-state index in [0.717, 1.165) is 51.4 Å². The summed E-state index contributed by atoms with van der Waals surface area (Å²) in [4.78, 5) is 23.0. The van der Waals surface area contributed by atoms with Crippen LogP contribution in [0.4, 0.5) is 0 Å². The number of aliphatic hydroxyl groups is 1. The van der Waals surface area contributed by atoms with Gasteiger partial charge in [-0.1, -0.05) is 127 Å². The van der Waals surface area contributed by atoms with Gasteiger partial charge in [-0.3, -0.25) is 13.8 Å². The maximum absolute atomic E-state index is 12.8. The quantitative estimate of drug-likeness (QED) is 0.0267. The van der Waals surface area contributed by atoms with Crippen LogP contribution in [-0.2, 0) is 18.4 Å². The van der Waals surface area contributed by atoms with Crippen molar-refractivity contribution in [1.82, 2.24) is 5.32 Å². The number of phosphoric acid groups is 1. The third-order valence-electron chi connectivity index (χ3n) is 8.33. The monoisotopic (exact) mass is 700 g/mol. The second kappa shape index (κ2) is 31.7. The van der Waals surface area contributed by atoms with Gasteiger partial charge in [0.2, 0.25) is 5.91 Å². The molecule has 0 aliphatic rings. The van der Waals surface area contributed by atoms with Gasteiger partial charge in [-0.05, 0) is 57.8 Å². The van der Waals surface area contributed by atoms with Crippen molar-refractivity contribution in [2.75, 3.05) is 40.9 Å². The Labute approximate surface area is 296 Å². The van der Waals surface area contributed by atoms with Gasteiger partial charge in [-0.2, -0.15) is 0 Å². The van der Waals surface area contributed by atoms with Crippen molar-refractivity contribution in [2.24, 2.45) is 0 Å². The second-order valence-corrected chi connectivity index (χ2v) is 15.7. The summed E-state index contributed by atoms with van der Waals surface area (Å²) in [5.41, 5.74) is 0. The zero-order chi connectivity index (χ0) is 35.8. The molecule has 0 aromatic heterocycles. The number of carbonyl (C=O) groups is 1. The van der Waals surface area contributed by atoms with Gasteiger partial charge in [0.1, 0.15) is 13.2 Å². The van der Waals surface area contributed by atoms with E-state index in [9.17, 15) is 19.4 Å². The molecule has 0 saturated heterocycles. The minimum absolute atomic E-state index is 0.0541. The molecule has 0 aromatic rings. The third-order valence-corrected chi connectivity index (χ3v) is 9.32. The van der Waals surface area contributed by atoms with Crippen molar-refractivity contribution < 1.29 is 32.9 Å². The fraction of sp³-hybridized carbons (Fsp3) is 0.821. The molecule has 0 aliphatic heterocycles. The molecule has 9 heteroatoms. The molecule has 8 nitrogen and oxygen atoms in total. The minimum Gasteiger partial charge on any atom is -0.387 e. The van der Waals surface area contributed by atoms with Gasteiger partial charge in [-0.15, -0.1) is 0 Å². The van der Waals surface area contributed by atoms with Gasteiger partial charge < -0.3 is 19.8 Å². The van der Waals surface area contributed by atoms with Crippen LogP contribution in [-0.4, -0.2) is 73.4 Å². The fourth-order valence-electron chi connectivity index (χ4n) is 5.17. The van der Waals surface area contributed by atoms with E-state index in [1.54, 1.807) is 6.08 Å². The number of allylic oxidation sites excluding steroid dienone is 5. The van der Waals surface area contributed by atoms with E-state index < -0.39 is 20.0 Å². The summed E-state index contributed by atoms with van der Waals surface area (Å²) in [6, 6.07) is -0.863. The lowest BCUT2D eigenvalue weighted by molar-refractivity contribution is -0.870. The van der Waals surface area contributed by atoms with Crippen LogP contribution in [0, 0.1) is 0 Å². The number of phosphoric ester groups is 1. The highest BCUT2D eigenvalue weighted by molar-refractivity contribution is 7.47. The molecule has 0 aromatic carbocycles. The maximum Gasteiger partial charge on any atom is 0.472 e. The average molecular weight is 700 g/mol. The van der Waals surface area contributed by atoms with Gasteiger partial charge in [0, 0.05) is 6.42 Å². The normalized spacial score (nSPS) is 15.1. The van der Waals surface area contributed by atoms with E-state index >= 15 is 0 Å². The number of nitrogens with one attached hydrogen (secondary N) is 1. The lowest BCUT2D eigenvalue weighted by Gasteiger charge is -2.25. The standard InChI is InChI=1S/C39H75N2O6P/c1-6-8-10-12-14-16-18-20-22-24-26-28-30-32-38(42)37(36-47-48(44,45)46-35-34-41(3,4)5)40-39(43)33-31-29-27-25-23-21-19-17-15-13-11-9-7-2/h17,19,22,24,30,32,37-38,42H,6-16,18,20-21,23,25-29,31,33-36H2,1-5H3,(H-,40,43,44,45)/p+1/b19-17-,24-22+,32-30+.